The number of phenols is 1. The quantitative estimate of drug-likeness (QED) is 0.166. The van der Waals surface area contributed by atoms with Crippen molar-refractivity contribution >= 4 is 56.6 Å². The molecule has 0 heterocycles. The molecule has 0 spiro atoms. The van der Waals surface area contributed by atoms with Crippen LogP contribution in [0.2, 0.25) is 5.02 Å². The number of nitrogens with one attached hydrogen (secondary N) is 1. The summed E-state index contributed by atoms with van der Waals surface area (Å²) < 4.78 is 0. The summed E-state index contributed by atoms with van der Waals surface area (Å²) in [5, 5.41) is 47.4. The predicted molar refractivity (Wildman–Crippen MR) is 136 cm³/mol. The summed E-state index contributed by atoms with van der Waals surface area (Å²) in [6.07, 6.45) is 0.131. The lowest BCUT2D eigenvalue weighted by Crippen LogP contribution is -2.63. The van der Waals surface area contributed by atoms with Crippen LogP contribution >= 0.6 is 27.5 Å². The number of nitrogens with zero attached hydrogens (tertiary/aromatic N) is 1. The molecule has 13 heteroatoms. The van der Waals surface area contributed by atoms with Gasteiger partial charge in [-0.25, -0.2) is 0 Å². The minimum atomic E-state index is -2.72. The smallest absolute Gasteiger partial charge is 0.255 e. The summed E-state index contributed by atoms with van der Waals surface area (Å²) in [5.74, 6) is -7.99. The highest BCUT2D eigenvalue weighted by atomic mass is 79.9. The number of alkyl halides is 1. The van der Waals surface area contributed by atoms with Crippen LogP contribution in [0.25, 0.3) is 0 Å². The maximum absolute atomic E-state index is 13.6. The highest BCUT2D eigenvalue weighted by molar-refractivity contribution is 9.09. The third-order valence-corrected chi connectivity index (χ3v) is 7.95. The van der Waals surface area contributed by atoms with E-state index in [0.29, 0.717) is 10.9 Å². The fourth-order valence-corrected chi connectivity index (χ4v) is 6.31. The number of anilines is 1. The molecule has 3 aliphatic carbocycles. The number of aliphatic hydroxyl groups excluding tert-OH is 2. The van der Waals surface area contributed by atoms with E-state index in [1.165, 1.54) is 11.0 Å². The molecular formula is C24H25BrClN3O8. The van der Waals surface area contributed by atoms with Gasteiger partial charge in [-0.05, 0) is 44.5 Å². The molecule has 37 heavy (non-hydrogen) atoms. The second-order valence-electron chi connectivity index (χ2n) is 9.57. The van der Waals surface area contributed by atoms with Crippen molar-refractivity contribution in [3.05, 3.63) is 44.9 Å². The molecule has 0 saturated heterocycles. The van der Waals surface area contributed by atoms with Gasteiger partial charge in [0.05, 0.1) is 16.6 Å². The van der Waals surface area contributed by atoms with Gasteiger partial charge < -0.3 is 31.5 Å². The van der Waals surface area contributed by atoms with Gasteiger partial charge in [-0.1, -0.05) is 27.5 Å². The van der Waals surface area contributed by atoms with Gasteiger partial charge in [0.15, 0.2) is 17.1 Å². The van der Waals surface area contributed by atoms with Crippen molar-refractivity contribution in [1.82, 2.24) is 4.90 Å². The van der Waals surface area contributed by atoms with Gasteiger partial charge in [0.2, 0.25) is 11.7 Å². The summed E-state index contributed by atoms with van der Waals surface area (Å²) in [5.41, 5.74) is 1.35. The van der Waals surface area contributed by atoms with E-state index in [1.807, 2.05) is 0 Å². The van der Waals surface area contributed by atoms with Crippen LogP contribution in [-0.4, -0.2) is 79.8 Å². The first-order valence-electron chi connectivity index (χ1n) is 11.3. The number of carbonyl (C=O) groups is 4. The number of aliphatic hydroxyl groups is 3. The molecule has 2 amide bonds. The number of phenolic OH excluding ortho intramolecular Hbond substituents is 1. The lowest BCUT2D eigenvalue weighted by molar-refractivity contribution is -0.148. The van der Waals surface area contributed by atoms with Crippen molar-refractivity contribution in [2.24, 2.45) is 17.6 Å². The van der Waals surface area contributed by atoms with Crippen LogP contribution in [0.3, 0.4) is 0 Å². The van der Waals surface area contributed by atoms with Crippen molar-refractivity contribution < 1.29 is 39.6 Å². The van der Waals surface area contributed by atoms with Crippen LogP contribution in [0.5, 0.6) is 5.75 Å². The molecule has 3 unspecified atom stereocenters. The lowest BCUT2D eigenvalue weighted by Gasteiger charge is -2.50. The van der Waals surface area contributed by atoms with Crippen LogP contribution in [0.1, 0.15) is 28.8 Å². The molecule has 0 radical (unpaired) electrons. The molecule has 3 aliphatic rings. The largest absolute Gasteiger partial charge is 0.510 e. The number of Topliss-reactive ketones (excluding diaryl/α,β-unsaturated/α-hetero) is 2. The normalized spacial score (nSPS) is 27.1. The zero-order valence-corrected chi connectivity index (χ0v) is 22.2. The number of nitrogens with two attached hydrogens (primary N) is 1. The first-order chi connectivity index (χ1) is 17.3. The lowest BCUT2D eigenvalue weighted by atomic mass is 9.58. The Labute approximate surface area is 224 Å². The SMILES string of the molecule is CN(C)[C@@H]1C(O)=C(C(N)=O)C(=O)C2(O)C(O)=C3C(=O)c4c(cc(Cl)c(NC(=O)CCBr)c4O)CC3CC12. The Hall–Kier alpha value is -2.93. The van der Waals surface area contributed by atoms with E-state index in [0.717, 1.165) is 0 Å². The minimum absolute atomic E-state index is 0.00151. The number of aromatic hydroxyl groups is 1. The molecule has 0 aliphatic heterocycles. The van der Waals surface area contributed by atoms with Crippen LogP contribution in [0.4, 0.5) is 5.69 Å². The number of amides is 2. The molecule has 0 saturated carbocycles. The van der Waals surface area contributed by atoms with Crippen LogP contribution in [0, 0.1) is 11.8 Å². The Bertz CT molecular complexity index is 1320. The summed E-state index contributed by atoms with van der Waals surface area (Å²) in [6.45, 7) is 0. The second kappa shape index (κ2) is 9.43. The predicted octanol–water partition coefficient (Wildman–Crippen LogP) is 1.50. The van der Waals surface area contributed by atoms with Crippen molar-refractivity contribution in [2.45, 2.75) is 30.9 Å². The van der Waals surface area contributed by atoms with Gasteiger partial charge in [-0.2, -0.15) is 0 Å². The van der Waals surface area contributed by atoms with Gasteiger partial charge in [0.1, 0.15) is 22.8 Å². The molecule has 198 valence electrons. The van der Waals surface area contributed by atoms with Gasteiger partial charge in [-0.3, -0.25) is 24.1 Å². The molecule has 11 nitrogen and oxygen atoms in total. The van der Waals surface area contributed by atoms with E-state index in [4.69, 9.17) is 17.3 Å². The number of fused-ring (bicyclic) bond motifs is 3. The van der Waals surface area contributed by atoms with Gasteiger partial charge in [0, 0.05) is 23.2 Å². The van der Waals surface area contributed by atoms with E-state index in [-0.39, 0.29) is 41.1 Å². The number of benzene rings is 1. The van der Waals surface area contributed by atoms with Crippen LogP contribution < -0.4 is 11.1 Å². The molecule has 0 aromatic heterocycles. The van der Waals surface area contributed by atoms with Crippen molar-refractivity contribution in [2.75, 3.05) is 24.7 Å². The molecule has 7 N–H and O–H groups in total. The second-order valence-corrected chi connectivity index (χ2v) is 10.8. The molecule has 0 fully saturated rings. The number of hydrogen-bond acceptors (Lipinski definition) is 9. The molecule has 4 rings (SSSR count). The topological polar surface area (TPSA) is 190 Å². The fourth-order valence-electron chi connectivity index (χ4n) is 5.68. The van der Waals surface area contributed by atoms with Crippen molar-refractivity contribution in [3.63, 3.8) is 0 Å². The maximum Gasteiger partial charge on any atom is 0.255 e. The number of rotatable bonds is 5. The molecule has 0 bridgehead atoms. The molecule has 1 aromatic carbocycles. The number of likely N-dealkylation sites (N-methyl/N-ethyl adjacent to an activating group) is 1. The summed E-state index contributed by atoms with van der Waals surface area (Å²) in [7, 11) is 3.10. The number of ketones is 2. The maximum atomic E-state index is 13.6. The van der Waals surface area contributed by atoms with E-state index in [1.54, 1.807) is 14.1 Å². The van der Waals surface area contributed by atoms with E-state index < -0.39 is 69.7 Å². The highest BCUT2D eigenvalue weighted by Gasteiger charge is 2.63. The number of hydrogen-bond donors (Lipinski definition) is 6. The van der Waals surface area contributed by atoms with Crippen molar-refractivity contribution in [3.8, 4) is 5.75 Å². The van der Waals surface area contributed by atoms with Gasteiger partial charge in [-0.15, -0.1) is 0 Å². The third-order valence-electron chi connectivity index (χ3n) is 7.25. The molecular weight excluding hydrogens is 574 g/mol. The summed E-state index contributed by atoms with van der Waals surface area (Å²) >= 11 is 9.45. The average molecular weight is 599 g/mol. The Morgan fingerprint density at radius 2 is 1.92 bits per heavy atom. The van der Waals surface area contributed by atoms with Gasteiger partial charge >= 0.3 is 0 Å². The Morgan fingerprint density at radius 3 is 2.49 bits per heavy atom. The number of carbonyl (C=O) groups excluding carboxylic acids is 4. The van der Waals surface area contributed by atoms with E-state index in [9.17, 15) is 39.6 Å². The summed E-state index contributed by atoms with van der Waals surface area (Å²) in [6, 6.07) is 0.361. The van der Waals surface area contributed by atoms with Crippen LogP contribution in [-0.2, 0) is 20.8 Å². The van der Waals surface area contributed by atoms with E-state index in [2.05, 4.69) is 21.2 Å². The average Bonchev–Trinajstić information content (AvgIpc) is 2.78. The minimum Gasteiger partial charge on any atom is -0.510 e. The zero-order valence-electron chi connectivity index (χ0n) is 19.8. The first-order valence-corrected chi connectivity index (χ1v) is 12.8. The van der Waals surface area contributed by atoms with Gasteiger partial charge in [0.25, 0.3) is 5.91 Å². The number of primary amides is 1. The standard InChI is InChI=1S/C24H25BrClN3O8/c1-29(2)17-10-6-8-5-9-7-11(26)16(28-12(30)3-4-25)19(32)13(9)18(31)14(8)21(34)24(10,37)22(35)15(20(17)33)23(27)36/h7-8,10,17,32-34,37H,3-6H2,1-2H3,(H2,27,36)(H,28,30)/t8?,10?,17-,24?/m0/s1. The third kappa shape index (κ3) is 3.94. The number of allylic oxidation sites excluding steroid dienone is 1. The molecule has 4 atom stereocenters. The Balaban J connectivity index is 1.90. The van der Waals surface area contributed by atoms with Crippen molar-refractivity contribution in [1.29, 1.82) is 0 Å². The fraction of sp³-hybridized carbons (Fsp3) is 0.417. The monoisotopic (exact) mass is 597 g/mol. The van der Waals surface area contributed by atoms with Crippen LogP contribution in [0.15, 0.2) is 28.7 Å². The summed E-state index contributed by atoms with van der Waals surface area (Å²) in [4.78, 5) is 52.5. The Morgan fingerprint density at radius 1 is 1.27 bits per heavy atom. The van der Waals surface area contributed by atoms with E-state index >= 15 is 0 Å². The first kappa shape index (κ1) is 27.1. The highest BCUT2D eigenvalue weighted by Crippen LogP contribution is 2.53. The Kier molecular flexibility index (Phi) is 6.91. The zero-order chi connectivity index (χ0) is 27.6. The number of halogens is 2. The molecule has 1 aromatic rings.